The van der Waals surface area contributed by atoms with Crippen LogP contribution in [0.2, 0.25) is 0 Å². The fraction of sp³-hybridized carbons (Fsp3) is 0.952. The van der Waals surface area contributed by atoms with E-state index in [1.54, 1.807) is 0 Å². The second-order valence-corrected chi connectivity index (χ2v) is 9.99. The molecule has 0 fully saturated rings. The van der Waals surface area contributed by atoms with Gasteiger partial charge in [0.1, 0.15) is 0 Å². The van der Waals surface area contributed by atoms with Gasteiger partial charge in [0.2, 0.25) is 0 Å². The number of rotatable bonds is 18. The molecule has 1 N–H and O–H groups in total. The van der Waals surface area contributed by atoms with E-state index in [-0.39, 0.29) is 17.8 Å². The average Bonchev–Trinajstić information content (AvgIpc) is 2.58. The van der Waals surface area contributed by atoms with Crippen molar-refractivity contribution < 1.29 is 27.0 Å². The van der Waals surface area contributed by atoms with Crippen LogP contribution in [0.4, 0.5) is 0 Å². The van der Waals surface area contributed by atoms with Crippen molar-refractivity contribution in [3.8, 4) is 0 Å². The van der Waals surface area contributed by atoms with E-state index in [1.165, 1.54) is 51.4 Å². The lowest BCUT2D eigenvalue weighted by molar-refractivity contribution is -0.906. The Morgan fingerprint density at radius 3 is 1.86 bits per heavy atom. The highest BCUT2D eigenvalue weighted by molar-refractivity contribution is 7.85. The van der Waals surface area contributed by atoms with E-state index in [0.29, 0.717) is 30.5 Å². The van der Waals surface area contributed by atoms with E-state index in [9.17, 15) is 13.2 Å². The van der Waals surface area contributed by atoms with Gasteiger partial charge in [0.25, 0.3) is 10.1 Å². The Labute approximate surface area is 173 Å². The molecule has 168 valence electrons. The van der Waals surface area contributed by atoms with E-state index in [1.807, 2.05) is 21.0 Å². The van der Waals surface area contributed by atoms with Gasteiger partial charge in [-0.2, -0.15) is 8.42 Å². The third-order valence-corrected chi connectivity index (χ3v) is 6.19. The van der Waals surface area contributed by atoms with Crippen molar-refractivity contribution in [1.29, 1.82) is 0 Å². The number of carbonyl (C=O) groups excluding carboxylic acids is 1. The largest absolute Gasteiger partial charge is 0.461 e. The standard InChI is InChI=1S/C21H43NO5S/c1-5-7-8-9-10-11-12-13-14-15-18-27-21(23)20(6-2)22(3,4)17-16-19-28(24,25)26/h20H,5-19H2,1-4H3/p+1. The maximum atomic E-state index is 12.4. The fourth-order valence-corrected chi connectivity index (χ4v) is 4.11. The number of quaternary nitrogens is 1. The monoisotopic (exact) mass is 422 g/mol. The summed E-state index contributed by atoms with van der Waals surface area (Å²) in [4.78, 5) is 12.4. The van der Waals surface area contributed by atoms with Crippen LogP contribution in [0.5, 0.6) is 0 Å². The zero-order chi connectivity index (χ0) is 21.5. The van der Waals surface area contributed by atoms with Crippen molar-refractivity contribution >= 4 is 16.1 Å². The van der Waals surface area contributed by atoms with Crippen LogP contribution in [0.3, 0.4) is 0 Å². The van der Waals surface area contributed by atoms with Crippen LogP contribution < -0.4 is 0 Å². The van der Waals surface area contributed by atoms with Crippen LogP contribution in [0.25, 0.3) is 0 Å². The molecule has 0 aliphatic carbocycles. The van der Waals surface area contributed by atoms with Crippen LogP contribution in [-0.4, -0.2) is 62.5 Å². The highest BCUT2D eigenvalue weighted by atomic mass is 32.2. The second kappa shape index (κ2) is 15.2. The Hall–Kier alpha value is -0.660. The van der Waals surface area contributed by atoms with Gasteiger partial charge in [-0.25, -0.2) is 4.79 Å². The molecule has 0 spiro atoms. The van der Waals surface area contributed by atoms with Crippen molar-refractivity contribution in [2.24, 2.45) is 0 Å². The van der Waals surface area contributed by atoms with E-state index in [4.69, 9.17) is 9.29 Å². The molecule has 1 atom stereocenters. The summed E-state index contributed by atoms with van der Waals surface area (Å²) in [7, 11) is -0.154. The minimum atomic E-state index is -3.96. The van der Waals surface area contributed by atoms with Crippen molar-refractivity contribution in [2.75, 3.05) is 33.0 Å². The molecule has 0 saturated carbocycles. The first-order valence-electron chi connectivity index (χ1n) is 11.1. The average molecular weight is 423 g/mol. The molecule has 1 unspecified atom stereocenters. The first-order valence-corrected chi connectivity index (χ1v) is 12.7. The first-order chi connectivity index (χ1) is 13.1. The molecule has 0 aromatic carbocycles. The maximum Gasteiger partial charge on any atom is 0.364 e. The summed E-state index contributed by atoms with van der Waals surface area (Å²) in [5.41, 5.74) is 0. The van der Waals surface area contributed by atoms with Gasteiger partial charge in [0.05, 0.1) is 33.0 Å². The molecule has 0 rings (SSSR count). The molecule has 28 heavy (non-hydrogen) atoms. The second-order valence-electron chi connectivity index (χ2n) is 8.42. The molecule has 0 radical (unpaired) electrons. The van der Waals surface area contributed by atoms with Gasteiger partial charge in [0, 0.05) is 12.8 Å². The lowest BCUT2D eigenvalue weighted by Gasteiger charge is -2.36. The topological polar surface area (TPSA) is 80.7 Å². The van der Waals surface area contributed by atoms with Crippen LogP contribution in [-0.2, 0) is 19.6 Å². The van der Waals surface area contributed by atoms with Crippen LogP contribution in [0, 0.1) is 0 Å². The molecule has 0 aromatic rings. The Kier molecular flexibility index (Phi) is 14.9. The Bertz CT molecular complexity index is 505. The molecule has 0 heterocycles. The molecule has 0 aromatic heterocycles. The van der Waals surface area contributed by atoms with Gasteiger partial charge in [-0.3, -0.25) is 4.55 Å². The van der Waals surface area contributed by atoms with Gasteiger partial charge < -0.3 is 9.22 Å². The molecular weight excluding hydrogens is 378 g/mol. The first kappa shape index (κ1) is 27.3. The summed E-state index contributed by atoms with van der Waals surface area (Å²) in [5.74, 6) is -0.492. The number of hydrogen-bond acceptors (Lipinski definition) is 4. The molecule has 0 aliphatic rings. The number of unbranched alkanes of at least 4 members (excludes halogenated alkanes) is 9. The van der Waals surface area contributed by atoms with Gasteiger partial charge in [0.15, 0.2) is 6.04 Å². The lowest BCUT2D eigenvalue weighted by atomic mass is 10.1. The van der Waals surface area contributed by atoms with E-state index in [2.05, 4.69) is 6.92 Å². The van der Waals surface area contributed by atoms with E-state index < -0.39 is 10.1 Å². The maximum absolute atomic E-state index is 12.4. The Balaban J connectivity index is 3.95. The zero-order valence-corrected chi connectivity index (χ0v) is 19.4. The number of likely N-dealkylation sites (N-methyl/N-ethyl adjacent to an activating group) is 1. The third-order valence-electron chi connectivity index (χ3n) is 5.38. The quantitative estimate of drug-likeness (QED) is 0.151. The number of carbonyl (C=O) groups is 1. The number of hydrogen-bond donors (Lipinski definition) is 1. The van der Waals surface area contributed by atoms with Crippen LogP contribution in [0.15, 0.2) is 0 Å². The van der Waals surface area contributed by atoms with Gasteiger partial charge >= 0.3 is 5.97 Å². The zero-order valence-electron chi connectivity index (χ0n) is 18.6. The van der Waals surface area contributed by atoms with Crippen molar-refractivity contribution in [1.82, 2.24) is 0 Å². The fourth-order valence-electron chi connectivity index (χ4n) is 3.62. The van der Waals surface area contributed by atoms with Crippen LogP contribution in [0.1, 0.15) is 90.9 Å². The highest BCUT2D eigenvalue weighted by Gasteiger charge is 2.34. The summed E-state index contributed by atoms with van der Waals surface area (Å²) >= 11 is 0. The van der Waals surface area contributed by atoms with Crippen molar-refractivity contribution in [2.45, 2.75) is 96.9 Å². The van der Waals surface area contributed by atoms with Gasteiger partial charge in [-0.05, 0) is 6.42 Å². The van der Waals surface area contributed by atoms with Crippen molar-refractivity contribution in [3.63, 3.8) is 0 Å². The minimum Gasteiger partial charge on any atom is -0.461 e. The molecule has 0 saturated heterocycles. The minimum absolute atomic E-state index is 0.213. The van der Waals surface area contributed by atoms with E-state index >= 15 is 0 Å². The number of nitrogens with zero attached hydrogens (tertiary/aromatic N) is 1. The normalized spacial score (nSPS) is 13.5. The van der Waals surface area contributed by atoms with Gasteiger partial charge in [-0.1, -0.05) is 71.6 Å². The van der Waals surface area contributed by atoms with Crippen LogP contribution >= 0.6 is 0 Å². The number of ether oxygens (including phenoxy) is 1. The smallest absolute Gasteiger partial charge is 0.364 e. The SMILES string of the molecule is CCCCCCCCCCCCOC(=O)C(CC)[N+](C)(C)CCCS(=O)(=O)O. The predicted octanol–water partition coefficient (Wildman–Crippen LogP) is 4.58. The summed E-state index contributed by atoms with van der Waals surface area (Å²) < 4.78 is 36.5. The predicted molar refractivity (Wildman–Crippen MR) is 115 cm³/mol. The summed E-state index contributed by atoms with van der Waals surface area (Å²) in [6.07, 6.45) is 13.4. The molecular formula is C21H44NO5S+. The molecule has 7 heteroatoms. The summed E-state index contributed by atoms with van der Waals surface area (Å²) in [5, 5.41) is 0. The Morgan fingerprint density at radius 1 is 0.893 bits per heavy atom. The highest BCUT2D eigenvalue weighted by Crippen LogP contribution is 2.15. The summed E-state index contributed by atoms with van der Waals surface area (Å²) in [6, 6.07) is -0.315. The van der Waals surface area contributed by atoms with Crippen molar-refractivity contribution in [3.05, 3.63) is 0 Å². The molecule has 0 amide bonds. The number of esters is 1. The lowest BCUT2D eigenvalue weighted by Crippen LogP contribution is -2.54. The molecule has 0 aliphatic heterocycles. The summed E-state index contributed by atoms with van der Waals surface area (Å²) in [6.45, 7) is 5.12. The Morgan fingerprint density at radius 2 is 1.39 bits per heavy atom. The third kappa shape index (κ3) is 14.4. The molecule has 6 nitrogen and oxygen atoms in total. The van der Waals surface area contributed by atoms with Gasteiger partial charge in [-0.15, -0.1) is 0 Å². The van der Waals surface area contributed by atoms with E-state index in [0.717, 1.165) is 12.8 Å². The molecule has 0 bridgehead atoms.